The number of benzene rings is 1. The Hall–Kier alpha value is -1.44. The minimum atomic E-state index is -0.353. The summed E-state index contributed by atoms with van der Waals surface area (Å²) in [6.07, 6.45) is 1.74. The van der Waals surface area contributed by atoms with E-state index >= 15 is 0 Å². The lowest BCUT2D eigenvalue weighted by Crippen LogP contribution is -2.26. The lowest BCUT2D eigenvalue weighted by atomic mass is 10.0. The molecule has 3 nitrogen and oxygen atoms in total. The predicted molar refractivity (Wildman–Crippen MR) is 73.0 cm³/mol. The van der Waals surface area contributed by atoms with E-state index < -0.39 is 0 Å². The molecule has 2 atom stereocenters. The van der Waals surface area contributed by atoms with E-state index in [0.717, 1.165) is 19.4 Å². The predicted octanol–water partition coefficient (Wildman–Crippen LogP) is 2.76. The van der Waals surface area contributed by atoms with Gasteiger partial charge in [-0.25, -0.2) is 4.39 Å². The van der Waals surface area contributed by atoms with E-state index in [-0.39, 0.29) is 18.5 Å². The summed E-state index contributed by atoms with van der Waals surface area (Å²) >= 11 is 0. The fraction of sp³-hybridized carbons (Fsp3) is 0.533. The van der Waals surface area contributed by atoms with Gasteiger partial charge >= 0.3 is 0 Å². The van der Waals surface area contributed by atoms with Gasteiger partial charge in [0.25, 0.3) is 0 Å². The standard InChI is InChI=1S/C15H21FN2O/c1-3-12(6-7-19)10-18-11(2)14-5-4-13(9-17)8-15(14)16/h4-5,8,11-12,18-19H,3,6-7,10H2,1-2H3. The Kier molecular flexibility index (Phi) is 6.48. The zero-order chi connectivity index (χ0) is 14.3. The topological polar surface area (TPSA) is 56.0 Å². The summed E-state index contributed by atoms with van der Waals surface area (Å²) in [7, 11) is 0. The van der Waals surface area contributed by atoms with Gasteiger partial charge in [0.1, 0.15) is 5.82 Å². The van der Waals surface area contributed by atoms with Crippen molar-refractivity contribution in [1.82, 2.24) is 5.32 Å². The second-order valence-corrected chi connectivity index (χ2v) is 4.76. The van der Waals surface area contributed by atoms with Crippen molar-refractivity contribution < 1.29 is 9.50 Å². The third-order valence-electron chi connectivity index (χ3n) is 3.42. The van der Waals surface area contributed by atoms with Crippen molar-refractivity contribution in [2.24, 2.45) is 5.92 Å². The Morgan fingerprint density at radius 2 is 2.21 bits per heavy atom. The summed E-state index contributed by atoms with van der Waals surface area (Å²) in [6.45, 7) is 4.91. The van der Waals surface area contributed by atoms with Gasteiger partial charge < -0.3 is 10.4 Å². The summed E-state index contributed by atoms with van der Waals surface area (Å²) in [5.41, 5.74) is 0.901. The molecular weight excluding hydrogens is 243 g/mol. The lowest BCUT2D eigenvalue weighted by molar-refractivity contribution is 0.249. The highest BCUT2D eigenvalue weighted by Crippen LogP contribution is 2.18. The van der Waals surface area contributed by atoms with Gasteiger partial charge in [-0.2, -0.15) is 5.26 Å². The highest BCUT2D eigenvalue weighted by molar-refractivity contribution is 5.34. The maximum atomic E-state index is 13.8. The molecule has 19 heavy (non-hydrogen) atoms. The molecular formula is C15H21FN2O. The first kappa shape index (κ1) is 15.6. The van der Waals surface area contributed by atoms with Crippen LogP contribution in [0.4, 0.5) is 4.39 Å². The van der Waals surface area contributed by atoms with E-state index in [4.69, 9.17) is 10.4 Å². The molecule has 0 saturated heterocycles. The first-order valence-electron chi connectivity index (χ1n) is 6.66. The van der Waals surface area contributed by atoms with Crippen LogP contribution in [0.5, 0.6) is 0 Å². The number of nitriles is 1. The second kappa shape index (κ2) is 7.88. The van der Waals surface area contributed by atoms with Gasteiger partial charge in [-0.05, 0) is 37.9 Å². The SMILES string of the molecule is CCC(CCO)CNC(C)c1ccc(C#N)cc1F. The number of nitrogens with zero attached hydrogens (tertiary/aromatic N) is 1. The Bertz CT molecular complexity index is 442. The molecule has 1 aromatic carbocycles. The van der Waals surface area contributed by atoms with Crippen molar-refractivity contribution in [2.45, 2.75) is 32.7 Å². The molecule has 0 bridgehead atoms. The van der Waals surface area contributed by atoms with E-state index in [9.17, 15) is 4.39 Å². The molecule has 1 aromatic rings. The number of halogens is 1. The van der Waals surface area contributed by atoms with Crippen molar-refractivity contribution in [2.75, 3.05) is 13.2 Å². The highest BCUT2D eigenvalue weighted by atomic mass is 19.1. The van der Waals surface area contributed by atoms with Crippen LogP contribution >= 0.6 is 0 Å². The van der Waals surface area contributed by atoms with Gasteiger partial charge in [-0.3, -0.25) is 0 Å². The molecule has 0 saturated carbocycles. The van der Waals surface area contributed by atoms with Crippen molar-refractivity contribution in [3.8, 4) is 6.07 Å². The first-order valence-corrected chi connectivity index (χ1v) is 6.66. The molecule has 104 valence electrons. The smallest absolute Gasteiger partial charge is 0.129 e. The molecule has 0 radical (unpaired) electrons. The highest BCUT2D eigenvalue weighted by Gasteiger charge is 2.13. The zero-order valence-corrected chi connectivity index (χ0v) is 11.5. The number of aliphatic hydroxyl groups is 1. The van der Waals surface area contributed by atoms with E-state index in [0.29, 0.717) is 17.0 Å². The number of nitrogens with one attached hydrogen (secondary N) is 1. The fourth-order valence-corrected chi connectivity index (χ4v) is 2.03. The van der Waals surface area contributed by atoms with Crippen LogP contribution in [0.3, 0.4) is 0 Å². The number of rotatable bonds is 7. The number of hydrogen-bond donors (Lipinski definition) is 2. The van der Waals surface area contributed by atoms with Gasteiger partial charge in [-0.15, -0.1) is 0 Å². The number of aliphatic hydroxyl groups excluding tert-OH is 1. The quantitative estimate of drug-likeness (QED) is 0.796. The third-order valence-corrected chi connectivity index (χ3v) is 3.42. The monoisotopic (exact) mass is 264 g/mol. The Morgan fingerprint density at radius 3 is 2.74 bits per heavy atom. The Labute approximate surface area is 114 Å². The van der Waals surface area contributed by atoms with E-state index in [2.05, 4.69) is 12.2 Å². The van der Waals surface area contributed by atoms with E-state index in [1.54, 1.807) is 12.1 Å². The van der Waals surface area contributed by atoms with Crippen LogP contribution in [0.2, 0.25) is 0 Å². The Balaban J connectivity index is 2.63. The summed E-state index contributed by atoms with van der Waals surface area (Å²) in [5.74, 6) is 0.0446. The molecule has 2 unspecified atom stereocenters. The average molecular weight is 264 g/mol. The summed E-state index contributed by atoms with van der Waals surface area (Å²) in [4.78, 5) is 0. The van der Waals surface area contributed by atoms with Crippen molar-refractivity contribution >= 4 is 0 Å². The van der Waals surface area contributed by atoms with Gasteiger partial charge in [0, 0.05) is 18.2 Å². The fourth-order valence-electron chi connectivity index (χ4n) is 2.03. The number of hydrogen-bond acceptors (Lipinski definition) is 3. The lowest BCUT2D eigenvalue weighted by Gasteiger charge is -2.19. The molecule has 0 heterocycles. The van der Waals surface area contributed by atoms with Gasteiger partial charge in [0.05, 0.1) is 11.6 Å². The average Bonchev–Trinajstić information content (AvgIpc) is 2.42. The molecule has 0 fully saturated rings. The molecule has 0 aromatic heterocycles. The molecule has 0 aliphatic rings. The minimum absolute atomic E-state index is 0.111. The third kappa shape index (κ3) is 4.62. The molecule has 4 heteroatoms. The first-order chi connectivity index (χ1) is 9.12. The van der Waals surface area contributed by atoms with Crippen LogP contribution in [0, 0.1) is 23.1 Å². The normalized spacial score (nSPS) is 13.8. The zero-order valence-electron chi connectivity index (χ0n) is 11.5. The Morgan fingerprint density at radius 1 is 1.47 bits per heavy atom. The van der Waals surface area contributed by atoms with Crippen LogP contribution in [-0.2, 0) is 0 Å². The van der Waals surface area contributed by atoms with Gasteiger partial charge in [-0.1, -0.05) is 19.4 Å². The molecule has 0 aliphatic carbocycles. The summed E-state index contributed by atoms with van der Waals surface area (Å²) in [6, 6.07) is 6.35. The molecule has 0 amide bonds. The maximum Gasteiger partial charge on any atom is 0.129 e. The molecule has 1 rings (SSSR count). The molecule has 0 spiro atoms. The van der Waals surface area contributed by atoms with E-state index in [1.165, 1.54) is 6.07 Å². The maximum absolute atomic E-state index is 13.8. The van der Waals surface area contributed by atoms with E-state index in [1.807, 2.05) is 13.0 Å². The summed E-state index contributed by atoms with van der Waals surface area (Å²) < 4.78 is 13.8. The second-order valence-electron chi connectivity index (χ2n) is 4.76. The van der Waals surface area contributed by atoms with Crippen LogP contribution in [0.15, 0.2) is 18.2 Å². The van der Waals surface area contributed by atoms with Crippen LogP contribution in [0.25, 0.3) is 0 Å². The summed E-state index contributed by atoms with van der Waals surface area (Å²) in [5, 5.41) is 20.9. The van der Waals surface area contributed by atoms with Crippen molar-refractivity contribution in [1.29, 1.82) is 5.26 Å². The van der Waals surface area contributed by atoms with Crippen molar-refractivity contribution in [3.05, 3.63) is 35.1 Å². The minimum Gasteiger partial charge on any atom is -0.396 e. The van der Waals surface area contributed by atoms with Crippen LogP contribution < -0.4 is 5.32 Å². The molecule has 0 aliphatic heterocycles. The van der Waals surface area contributed by atoms with Crippen LogP contribution in [0.1, 0.15) is 43.9 Å². The largest absolute Gasteiger partial charge is 0.396 e. The van der Waals surface area contributed by atoms with Crippen LogP contribution in [-0.4, -0.2) is 18.3 Å². The van der Waals surface area contributed by atoms with Crippen molar-refractivity contribution in [3.63, 3.8) is 0 Å². The molecule has 2 N–H and O–H groups in total. The van der Waals surface area contributed by atoms with Gasteiger partial charge in [0.2, 0.25) is 0 Å². The van der Waals surface area contributed by atoms with Gasteiger partial charge in [0.15, 0.2) is 0 Å².